The molecule has 2 rings (SSSR count). The third-order valence-electron chi connectivity index (χ3n) is 3.93. The van der Waals surface area contributed by atoms with Gasteiger partial charge in [-0.1, -0.05) is 6.07 Å². The highest BCUT2D eigenvalue weighted by atomic mass is 32.1. The molecule has 2 heterocycles. The monoisotopic (exact) mass is 360 g/mol. The topological polar surface area (TPSA) is 58.4 Å². The molecule has 0 spiro atoms. The second kappa shape index (κ2) is 10.0. The molecule has 0 bridgehead atoms. The van der Waals surface area contributed by atoms with Crippen LogP contribution >= 0.6 is 11.3 Å². The van der Waals surface area contributed by atoms with E-state index in [9.17, 15) is 4.79 Å². The van der Waals surface area contributed by atoms with Crippen LogP contribution in [0.15, 0.2) is 46.3 Å². The number of thiophene rings is 1. The number of nitrogens with zero attached hydrogens (tertiary/aromatic N) is 2. The van der Waals surface area contributed by atoms with E-state index in [1.165, 1.54) is 9.75 Å². The van der Waals surface area contributed by atoms with Crippen molar-refractivity contribution in [2.75, 3.05) is 13.6 Å². The van der Waals surface area contributed by atoms with Crippen LogP contribution in [0.5, 0.6) is 0 Å². The van der Waals surface area contributed by atoms with Crippen LogP contribution in [0, 0.1) is 6.92 Å². The fourth-order valence-corrected chi connectivity index (χ4v) is 3.65. The van der Waals surface area contributed by atoms with Gasteiger partial charge in [0.05, 0.1) is 0 Å². The summed E-state index contributed by atoms with van der Waals surface area (Å²) < 4.78 is 1.75. The molecule has 0 amide bonds. The van der Waals surface area contributed by atoms with E-state index in [2.05, 4.69) is 41.6 Å². The first-order valence-electron chi connectivity index (χ1n) is 8.76. The fraction of sp³-hybridized carbons (Fsp3) is 0.474. The number of aromatic nitrogens is 1. The SMILES string of the molecule is CN=C(NCCCCn1ccccc1=O)NC(C)Cc1ccc(C)s1. The van der Waals surface area contributed by atoms with E-state index in [0.717, 1.165) is 38.3 Å². The lowest BCUT2D eigenvalue weighted by molar-refractivity contribution is 0.580. The summed E-state index contributed by atoms with van der Waals surface area (Å²) in [5.74, 6) is 0.831. The average molecular weight is 361 g/mol. The normalized spacial score (nSPS) is 12.8. The number of rotatable bonds is 8. The van der Waals surface area contributed by atoms with Gasteiger partial charge in [0.2, 0.25) is 5.56 Å². The van der Waals surface area contributed by atoms with Crippen molar-refractivity contribution in [1.29, 1.82) is 0 Å². The molecule has 0 aliphatic rings. The Morgan fingerprint density at radius 3 is 2.80 bits per heavy atom. The first kappa shape index (κ1) is 19.2. The van der Waals surface area contributed by atoms with Gasteiger partial charge in [-0.15, -0.1) is 11.3 Å². The minimum absolute atomic E-state index is 0.0607. The molecular weight excluding hydrogens is 332 g/mol. The van der Waals surface area contributed by atoms with Gasteiger partial charge in [-0.05, 0) is 44.9 Å². The molecule has 0 aliphatic heterocycles. The zero-order valence-electron chi connectivity index (χ0n) is 15.3. The summed E-state index contributed by atoms with van der Waals surface area (Å²) in [6.07, 6.45) is 4.78. The Kier molecular flexibility index (Phi) is 7.73. The molecule has 0 aliphatic carbocycles. The summed E-state index contributed by atoms with van der Waals surface area (Å²) in [5, 5.41) is 6.78. The van der Waals surface area contributed by atoms with Crippen LogP contribution in [0.25, 0.3) is 0 Å². The largest absolute Gasteiger partial charge is 0.356 e. The molecule has 6 heteroatoms. The van der Waals surface area contributed by atoms with Gasteiger partial charge >= 0.3 is 0 Å². The highest BCUT2D eigenvalue weighted by Crippen LogP contribution is 2.16. The molecule has 2 N–H and O–H groups in total. The van der Waals surface area contributed by atoms with E-state index in [1.54, 1.807) is 23.7 Å². The zero-order chi connectivity index (χ0) is 18.1. The van der Waals surface area contributed by atoms with E-state index in [1.807, 2.05) is 23.6 Å². The van der Waals surface area contributed by atoms with Crippen molar-refractivity contribution in [2.24, 2.45) is 4.99 Å². The smallest absolute Gasteiger partial charge is 0.250 e. The number of guanidine groups is 1. The lowest BCUT2D eigenvalue weighted by Gasteiger charge is -2.17. The summed E-state index contributed by atoms with van der Waals surface area (Å²) in [7, 11) is 1.79. The van der Waals surface area contributed by atoms with Crippen molar-refractivity contribution < 1.29 is 0 Å². The predicted octanol–water partition coefficient (Wildman–Crippen LogP) is 2.79. The lowest BCUT2D eigenvalue weighted by atomic mass is 10.2. The minimum Gasteiger partial charge on any atom is -0.356 e. The summed E-state index contributed by atoms with van der Waals surface area (Å²) in [6, 6.07) is 9.95. The first-order valence-corrected chi connectivity index (χ1v) is 9.58. The summed E-state index contributed by atoms with van der Waals surface area (Å²) >= 11 is 1.85. The maximum atomic E-state index is 11.6. The van der Waals surface area contributed by atoms with E-state index in [-0.39, 0.29) is 5.56 Å². The molecule has 136 valence electrons. The number of pyridine rings is 1. The molecule has 0 saturated carbocycles. The van der Waals surface area contributed by atoms with E-state index >= 15 is 0 Å². The number of unbranched alkanes of at least 4 members (excludes halogenated alkanes) is 1. The van der Waals surface area contributed by atoms with Gasteiger partial charge in [-0.25, -0.2) is 0 Å². The maximum Gasteiger partial charge on any atom is 0.250 e. The van der Waals surface area contributed by atoms with Crippen molar-refractivity contribution in [3.05, 3.63) is 56.6 Å². The molecule has 25 heavy (non-hydrogen) atoms. The average Bonchev–Trinajstić information content (AvgIpc) is 2.99. The van der Waals surface area contributed by atoms with Gasteiger partial charge in [0.1, 0.15) is 0 Å². The number of hydrogen-bond acceptors (Lipinski definition) is 3. The highest BCUT2D eigenvalue weighted by molar-refractivity contribution is 7.11. The molecule has 0 fully saturated rings. The van der Waals surface area contributed by atoms with Crippen LogP contribution in [0.3, 0.4) is 0 Å². The van der Waals surface area contributed by atoms with Crippen LogP contribution < -0.4 is 16.2 Å². The Morgan fingerprint density at radius 2 is 2.12 bits per heavy atom. The van der Waals surface area contributed by atoms with Gasteiger partial charge in [0.15, 0.2) is 5.96 Å². The van der Waals surface area contributed by atoms with Gasteiger partial charge < -0.3 is 15.2 Å². The highest BCUT2D eigenvalue weighted by Gasteiger charge is 2.07. The summed E-state index contributed by atoms with van der Waals surface area (Å²) in [6.45, 7) is 5.90. The molecule has 0 radical (unpaired) electrons. The standard InChI is InChI=1S/C19H28N4OS/c1-15(14-17-10-9-16(2)25-17)22-19(20-3)21-11-5-7-13-23-12-6-4-8-18(23)24/h4,6,8-10,12,15H,5,7,11,13-14H2,1-3H3,(H2,20,21,22). The minimum atomic E-state index is 0.0607. The van der Waals surface area contributed by atoms with Crippen LogP contribution in [0.4, 0.5) is 0 Å². The molecule has 2 aromatic heterocycles. The first-order chi connectivity index (χ1) is 12.1. The Balaban J connectivity index is 1.66. The van der Waals surface area contributed by atoms with Crippen molar-refractivity contribution in [1.82, 2.24) is 15.2 Å². The molecule has 1 unspecified atom stereocenters. The second-order valence-electron chi connectivity index (χ2n) is 6.20. The quantitative estimate of drug-likeness (QED) is 0.432. The van der Waals surface area contributed by atoms with Crippen LogP contribution in [-0.4, -0.2) is 30.2 Å². The van der Waals surface area contributed by atoms with E-state index in [0.29, 0.717) is 6.04 Å². The van der Waals surface area contributed by atoms with Gasteiger partial charge in [0, 0.05) is 54.6 Å². The van der Waals surface area contributed by atoms with Crippen molar-refractivity contribution >= 4 is 17.3 Å². The molecule has 2 aromatic rings. The van der Waals surface area contributed by atoms with E-state index < -0.39 is 0 Å². The van der Waals surface area contributed by atoms with Crippen molar-refractivity contribution in [3.63, 3.8) is 0 Å². The Labute approximate surface area is 153 Å². The molecule has 1 atom stereocenters. The van der Waals surface area contributed by atoms with Crippen molar-refractivity contribution in [3.8, 4) is 0 Å². The Morgan fingerprint density at radius 1 is 1.28 bits per heavy atom. The summed E-state index contributed by atoms with van der Waals surface area (Å²) in [5.41, 5.74) is 0.0607. The number of aliphatic imine (C=N–C) groups is 1. The third-order valence-corrected chi connectivity index (χ3v) is 4.95. The van der Waals surface area contributed by atoms with E-state index in [4.69, 9.17) is 0 Å². The van der Waals surface area contributed by atoms with Crippen molar-refractivity contribution in [2.45, 2.75) is 45.7 Å². The molecule has 5 nitrogen and oxygen atoms in total. The summed E-state index contributed by atoms with van der Waals surface area (Å²) in [4.78, 5) is 18.7. The third kappa shape index (κ3) is 6.74. The van der Waals surface area contributed by atoms with Gasteiger partial charge in [0.25, 0.3) is 0 Å². The molecular formula is C19H28N4OS. The lowest BCUT2D eigenvalue weighted by Crippen LogP contribution is -2.43. The van der Waals surface area contributed by atoms with Gasteiger partial charge in [-0.3, -0.25) is 9.79 Å². The Bertz CT molecular complexity index is 735. The fourth-order valence-electron chi connectivity index (χ4n) is 2.63. The Hall–Kier alpha value is -2.08. The predicted molar refractivity (Wildman–Crippen MR) is 107 cm³/mol. The second-order valence-corrected chi connectivity index (χ2v) is 7.57. The van der Waals surface area contributed by atoms with Gasteiger partial charge in [-0.2, -0.15) is 0 Å². The van der Waals surface area contributed by atoms with Crippen LogP contribution in [0.2, 0.25) is 0 Å². The number of hydrogen-bond donors (Lipinski definition) is 2. The number of aryl methyl sites for hydroxylation is 2. The zero-order valence-corrected chi connectivity index (χ0v) is 16.1. The maximum absolute atomic E-state index is 11.6. The van der Waals surface area contributed by atoms with Crippen LogP contribution in [0.1, 0.15) is 29.5 Å². The molecule has 0 saturated heterocycles. The van der Waals surface area contributed by atoms with Crippen LogP contribution in [-0.2, 0) is 13.0 Å². The molecule has 0 aromatic carbocycles. The number of nitrogens with one attached hydrogen (secondary N) is 2.